The molecule has 0 aliphatic carbocycles. The zero-order chi connectivity index (χ0) is 17.6. The lowest BCUT2D eigenvalue weighted by molar-refractivity contribution is 0.0517. The molecular formula is C19H12ClFN2O2. The van der Waals surface area contributed by atoms with Crippen LogP contribution < -0.4 is 0 Å². The Hall–Kier alpha value is -3.05. The smallest absolute Gasteiger partial charge is 0.312 e. The summed E-state index contributed by atoms with van der Waals surface area (Å²) in [7, 11) is 0. The van der Waals surface area contributed by atoms with E-state index in [9.17, 15) is 9.18 Å². The summed E-state index contributed by atoms with van der Waals surface area (Å²) in [5.41, 5.74) is 1.92. The third-order valence-electron chi connectivity index (χ3n) is 3.35. The number of benzene rings is 2. The number of hydrogen-bond acceptors (Lipinski definition) is 4. The van der Waals surface area contributed by atoms with Gasteiger partial charge in [-0.3, -0.25) is 4.98 Å². The molecule has 0 spiro atoms. The number of halogens is 2. The topological polar surface area (TPSA) is 51.5 Å². The van der Waals surface area contributed by atoms with Crippen LogP contribution >= 0.6 is 11.6 Å². The first-order valence-electron chi connectivity index (χ1n) is 7.35. The minimum atomic E-state index is -0.625. The largest absolute Gasteiger partial charge is 0.365 e. The lowest BCUT2D eigenvalue weighted by Gasteiger charge is -2.06. The number of carbonyl (C=O) groups is 1. The van der Waals surface area contributed by atoms with E-state index in [-0.39, 0.29) is 5.82 Å². The molecular weight excluding hydrogens is 343 g/mol. The summed E-state index contributed by atoms with van der Waals surface area (Å²) in [6.07, 6.45) is 3.20. The third-order valence-corrected chi connectivity index (χ3v) is 3.60. The molecule has 6 heteroatoms. The molecule has 0 aliphatic heterocycles. The third kappa shape index (κ3) is 4.28. The molecule has 4 nitrogen and oxygen atoms in total. The van der Waals surface area contributed by atoms with Crippen LogP contribution in [0.15, 0.2) is 78.2 Å². The van der Waals surface area contributed by atoms with Gasteiger partial charge in [-0.25, -0.2) is 9.18 Å². The summed E-state index contributed by atoms with van der Waals surface area (Å²) in [5, 5.41) is 4.48. The molecule has 0 saturated heterocycles. The number of hydrogen-bond donors (Lipinski definition) is 0. The van der Waals surface area contributed by atoms with E-state index in [1.165, 1.54) is 12.1 Å². The van der Waals surface area contributed by atoms with Crippen LogP contribution in [-0.4, -0.2) is 16.7 Å². The van der Waals surface area contributed by atoms with Crippen molar-refractivity contribution >= 4 is 23.3 Å². The van der Waals surface area contributed by atoms with Crippen molar-refractivity contribution in [2.45, 2.75) is 0 Å². The molecule has 0 atom stereocenters. The molecule has 0 aliphatic rings. The van der Waals surface area contributed by atoms with Crippen LogP contribution in [0.1, 0.15) is 21.5 Å². The van der Waals surface area contributed by atoms with Crippen molar-refractivity contribution in [1.29, 1.82) is 0 Å². The average molecular weight is 355 g/mol. The van der Waals surface area contributed by atoms with E-state index < -0.39 is 5.97 Å². The van der Waals surface area contributed by atoms with Gasteiger partial charge < -0.3 is 4.84 Å². The monoisotopic (exact) mass is 354 g/mol. The number of oxime groups is 1. The summed E-state index contributed by atoms with van der Waals surface area (Å²) < 4.78 is 13.2. The van der Waals surface area contributed by atoms with Crippen LogP contribution in [0.4, 0.5) is 4.39 Å². The highest BCUT2D eigenvalue weighted by molar-refractivity contribution is 6.30. The van der Waals surface area contributed by atoms with E-state index in [0.717, 1.165) is 0 Å². The second-order valence-corrected chi connectivity index (χ2v) is 5.51. The summed E-state index contributed by atoms with van der Waals surface area (Å²) in [6, 6.07) is 15.5. The van der Waals surface area contributed by atoms with Gasteiger partial charge >= 0.3 is 5.97 Å². The number of carbonyl (C=O) groups excluding carboxylic acids is 1. The van der Waals surface area contributed by atoms with Crippen LogP contribution in [0.2, 0.25) is 5.02 Å². The highest BCUT2D eigenvalue weighted by atomic mass is 35.5. The first-order valence-corrected chi connectivity index (χ1v) is 7.72. The Morgan fingerprint density at radius 1 is 0.960 bits per heavy atom. The van der Waals surface area contributed by atoms with Crippen molar-refractivity contribution in [3.05, 3.63) is 101 Å². The molecule has 0 bridgehead atoms. The van der Waals surface area contributed by atoms with Crippen molar-refractivity contribution in [3.63, 3.8) is 0 Å². The van der Waals surface area contributed by atoms with Crippen LogP contribution in [0, 0.1) is 5.82 Å². The minimum Gasteiger partial charge on any atom is -0.312 e. The van der Waals surface area contributed by atoms with Crippen LogP contribution in [0.3, 0.4) is 0 Å². The zero-order valence-corrected chi connectivity index (χ0v) is 13.7. The van der Waals surface area contributed by atoms with E-state index in [2.05, 4.69) is 10.1 Å². The average Bonchev–Trinajstić information content (AvgIpc) is 2.64. The van der Waals surface area contributed by atoms with Crippen LogP contribution in [0.5, 0.6) is 0 Å². The molecule has 0 radical (unpaired) electrons. The van der Waals surface area contributed by atoms with Gasteiger partial charge in [-0.05, 0) is 60.7 Å². The maximum absolute atomic E-state index is 13.2. The first kappa shape index (κ1) is 16.8. The molecule has 0 fully saturated rings. The molecule has 124 valence electrons. The molecule has 3 rings (SSSR count). The fourth-order valence-electron chi connectivity index (χ4n) is 2.11. The summed E-state index contributed by atoms with van der Waals surface area (Å²) in [5.74, 6) is -0.993. The van der Waals surface area contributed by atoms with Gasteiger partial charge in [0, 0.05) is 28.5 Å². The molecule has 2 aromatic carbocycles. The number of pyridine rings is 1. The molecule has 0 N–H and O–H groups in total. The second-order valence-electron chi connectivity index (χ2n) is 5.07. The highest BCUT2D eigenvalue weighted by Crippen LogP contribution is 2.14. The maximum atomic E-state index is 13.2. The van der Waals surface area contributed by atoms with Crippen molar-refractivity contribution in [3.8, 4) is 0 Å². The van der Waals surface area contributed by atoms with Crippen LogP contribution in [-0.2, 0) is 4.84 Å². The number of nitrogens with zero attached hydrogens (tertiary/aromatic N) is 2. The van der Waals surface area contributed by atoms with Gasteiger partial charge in [0.2, 0.25) is 0 Å². The molecule has 25 heavy (non-hydrogen) atoms. The van der Waals surface area contributed by atoms with Gasteiger partial charge in [0.25, 0.3) is 0 Å². The molecule has 0 unspecified atom stereocenters. The van der Waals surface area contributed by atoms with Gasteiger partial charge in [-0.15, -0.1) is 0 Å². The quantitative estimate of drug-likeness (QED) is 0.394. The minimum absolute atomic E-state index is 0.317. The lowest BCUT2D eigenvalue weighted by Crippen LogP contribution is -2.08. The predicted molar refractivity (Wildman–Crippen MR) is 93.1 cm³/mol. The lowest BCUT2D eigenvalue weighted by atomic mass is 10.0. The SMILES string of the molecule is O=C(O/N=C(/c1ccc(F)cc1)c1cccnc1)c1ccc(Cl)cc1. The van der Waals surface area contributed by atoms with E-state index in [1.807, 2.05) is 0 Å². The Morgan fingerprint density at radius 2 is 1.64 bits per heavy atom. The molecule has 1 aromatic heterocycles. The van der Waals surface area contributed by atoms with E-state index in [0.29, 0.717) is 27.4 Å². The highest BCUT2D eigenvalue weighted by Gasteiger charge is 2.12. The predicted octanol–water partition coefficient (Wildman–Crippen LogP) is 4.48. The Balaban J connectivity index is 1.91. The molecule has 0 amide bonds. The van der Waals surface area contributed by atoms with Gasteiger partial charge in [0.1, 0.15) is 11.5 Å². The van der Waals surface area contributed by atoms with Crippen LogP contribution in [0.25, 0.3) is 0 Å². The number of rotatable bonds is 4. The van der Waals surface area contributed by atoms with Gasteiger partial charge in [0.05, 0.1) is 5.56 Å². The standard InChI is InChI=1S/C19H12ClFN2O2/c20-16-7-3-14(4-8-16)19(24)25-23-18(15-2-1-11-22-12-15)13-5-9-17(21)10-6-13/h1-12H/b23-18-. The Labute approximate surface area is 148 Å². The fourth-order valence-corrected chi connectivity index (χ4v) is 2.23. The Kier molecular flexibility index (Phi) is 5.16. The maximum Gasteiger partial charge on any atom is 0.365 e. The molecule has 3 aromatic rings. The van der Waals surface area contributed by atoms with E-state index in [1.54, 1.807) is 60.9 Å². The van der Waals surface area contributed by atoms with E-state index in [4.69, 9.17) is 16.4 Å². The van der Waals surface area contributed by atoms with E-state index >= 15 is 0 Å². The number of aromatic nitrogens is 1. The normalized spacial score (nSPS) is 11.2. The van der Waals surface area contributed by atoms with Crippen molar-refractivity contribution < 1.29 is 14.0 Å². The fraction of sp³-hybridized carbons (Fsp3) is 0. The van der Waals surface area contributed by atoms with Crippen molar-refractivity contribution in [1.82, 2.24) is 4.98 Å². The Bertz CT molecular complexity index is 895. The Morgan fingerprint density at radius 3 is 2.28 bits per heavy atom. The van der Waals surface area contributed by atoms with Gasteiger partial charge in [-0.2, -0.15) is 0 Å². The summed E-state index contributed by atoms with van der Waals surface area (Å²) >= 11 is 5.80. The van der Waals surface area contributed by atoms with Gasteiger partial charge in [0.15, 0.2) is 0 Å². The van der Waals surface area contributed by atoms with Crippen molar-refractivity contribution in [2.75, 3.05) is 0 Å². The summed E-state index contributed by atoms with van der Waals surface area (Å²) in [6.45, 7) is 0. The summed E-state index contributed by atoms with van der Waals surface area (Å²) in [4.78, 5) is 21.2. The molecule has 0 saturated carbocycles. The zero-order valence-electron chi connectivity index (χ0n) is 12.9. The van der Waals surface area contributed by atoms with Gasteiger partial charge in [-0.1, -0.05) is 16.8 Å². The van der Waals surface area contributed by atoms with Crippen molar-refractivity contribution in [2.24, 2.45) is 5.16 Å². The second kappa shape index (κ2) is 7.68. The molecule has 1 heterocycles. The first-order chi connectivity index (χ1) is 12.1.